The highest BCUT2D eigenvalue weighted by Crippen LogP contribution is 2.19. The molecule has 0 bridgehead atoms. The number of nitrogens with one attached hydrogen (secondary N) is 1. The van der Waals surface area contributed by atoms with Crippen molar-refractivity contribution in [2.24, 2.45) is 0 Å². The standard InChI is InChI=1S/C63H119NO5/c1-4-7-10-13-16-19-22-25-28-30-32-35-38-41-44-47-50-53-56-63(68)69-59(54-51-48-45-42-39-36-34-31-29-26-23-20-17-14-11-8-5-2)57-62(67)64-60(58-65)61(66)55-52-49-46-43-40-37-33-27-24-21-18-15-12-9-6-3/h22,25,28,30,32,35,59-61,65-66H,4-21,23-24,26-27,29,31,33-34,36-58H2,1-3H3,(H,64,67)/b25-22+,30-28+,35-32+. The largest absolute Gasteiger partial charge is 0.462 e. The third-order valence-corrected chi connectivity index (χ3v) is 14.3. The molecule has 0 aromatic heterocycles. The highest BCUT2D eigenvalue weighted by molar-refractivity contribution is 5.77. The summed E-state index contributed by atoms with van der Waals surface area (Å²) in [6, 6.07) is -0.704. The summed E-state index contributed by atoms with van der Waals surface area (Å²) >= 11 is 0. The van der Waals surface area contributed by atoms with Gasteiger partial charge in [0, 0.05) is 6.42 Å². The van der Waals surface area contributed by atoms with Crippen molar-refractivity contribution in [3.05, 3.63) is 36.5 Å². The first-order valence-corrected chi connectivity index (χ1v) is 30.7. The number of esters is 1. The number of ether oxygens (including phenoxy) is 1. The molecule has 3 unspecified atom stereocenters. The molecule has 0 heterocycles. The molecule has 0 aromatic carbocycles. The summed E-state index contributed by atoms with van der Waals surface area (Å²) in [6.45, 7) is 6.51. The van der Waals surface area contributed by atoms with E-state index in [0.717, 1.165) is 64.2 Å². The number of aliphatic hydroxyl groups is 2. The first kappa shape index (κ1) is 67.1. The maximum atomic E-state index is 13.3. The van der Waals surface area contributed by atoms with Gasteiger partial charge in [-0.1, -0.05) is 301 Å². The van der Waals surface area contributed by atoms with Crippen LogP contribution < -0.4 is 5.32 Å². The fourth-order valence-corrected chi connectivity index (χ4v) is 9.61. The summed E-state index contributed by atoms with van der Waals surface area (Å²) in [6.07, 6.45) is 69.2. The molecule has 3 N–H and O–H groups in total. The van der Waals surface area contributed by atoms with E-state index in [1.807, 2.05) is 0 Å². The molecule has 0 spiro atoms. The summed E-state index contributed by atoms with van der Waals surface area (Å²) in [5, 5.41) is 23.9. The molecule has 406 valence electrons. The highest BCUT2D eigenvalue weighted by atomic mass is 16.5. The van der Waals surface area contributed by atoms with Crippen LogP contribution in [0.25, 0.3) is 0 Å². The van der Waals surface area contributed by atoms with Crippen molar-refractivity contribution in [2.75, 3.05) is 6.61 Å². The number of carbonyl (C=O) groups is 2. The van der Waals surface area contributed by atoms with Crippen molar-refractivity contribution >= 4 is 11.9 Å². The molecule has 0 saturated heterocycles. The molecule has 3 atom stereocenters. The lowest BCUT2D eigenvalue weighted by atomic mass is 10.0. The Morgan fingerprint density at radius 1 is 0.420 bits per heavy atom. The normalized spacial score (nSPS) is 13.3. The van der Waals surface area contributed by atoms with Crippen LogP contribution in [0.3, 0.4) is 0 Å². The highest BCUT2D eigenvalue weighted by Gasteiger charge is 2.24. The number of amides is 1. The average molecular weight is 971 g/mol. The Morgan fingerprint density at radius 2 is 0.739 bits per heavy atom. The molecule has 0 aliphatic heterocycles. The van der Waals surface area contributed by atoms with Crippen LogP contribution >= 0.6 is 0 Å². The van der Waals surface area contributed by atoms with Gasteiger partial charge in [-0.05, 0) is 51.4 Å². The van der Waals surface area contributed by atoms with E-state index in [9.17, 15) is 19.8 Å². The number of hydrogen-bond acceptors (Lipinski definition) is 5. The van der Waals surface area contributed by atoms with Crippen LogP contribution in [0.4, 0.5) is 0 Å². The number of rotatable bonds is 56. The van der Waals surface area contributed by atoms with Gasteiger partial charge >= 0.3 is 5.97 Å². The Kier molecular flexibility index (Phi) is 55.4. The third-order valence-electron chi connectivity index (χ3n) is 14.3. The van der Waals surface area contributed by atoms with E-state index < -0.39 is 18.2 Å². The molecule has 0 saturated carbocycles. The van der Waals surface area contributed by atoms with Gasteiger partial charge in [-0.3, -0.25) is 9.59 Å². The molecule has 0 rings (SSSR count). The van der Waals surface area contributed by atoms with E-state index in [0.29, 0.717) is 19.3 Å². The van der Waals surface area contributed by atoms with Gasteiger partial charge in [0.05, 0.1) is 25.2 Å². The predicted octanol–water partition coefficient (Wildman–Crippen LogP) is 19.2. The molecule has 0 radical (unpaired) electrons. The third kappa shape index (κ3) is 52.2. The maximum Gasteiger partial charge on any atom is 0.306 e. The summed E-state index contributed by atoms with van der Waals surface area (Å²) in [7, 11) is 0. The lowest BCUT2D eigenvalue weighted by Gasteiger charge is -2.24. The van der Waals surface area contributed by atoms with Gasteiger partial charge in [0.15, 0.2) is 0 Å². The van der Waals surface area contributed by atoms with Crippen LogP contribution in [0.2, 0.25) is 0 Å². The Balaban J connectivity index is 4.56. The molecule has 69 heavy (non-hydrogen) atoms. The second-order valence-electron chi connectivity index (χ2n) is 21.2. The minimum Gasteiger partial charge on any atom is -0.462 e. The van der Waals surface area contributed by atoms with E-state index in [1.165, 1.54) is 218 Å². The topological polar surface area (TPSA) is 95.9 Å². The SMILES string of the molecule is CCCCCCC/C=C/C=C/C=C/CCCCCCCC(=O)OC(CCCCCCCCCCCCCCCCCCC)CC(=O)NC(CO)C(O)CCCCCCCCCCCCCCCCC. The zero-order valence-electron chi connectivity index (χ0n) is 46.5. The fraction of sp³-hybridized carbons (Fsp3) is 0.873. The van der Waals surface area contributed by atoms with E-state index in [-0.39, 0.29) is 24.9 Å². The number of aliphatic hydroxyl groups excluding tert-OH is 2. The molecule has 1 amide bonds. The van der Waals surface area contributed by atoms with Crippen molar-refractivity contribution in [1.82, 2.24) is 5.32 Å². The number of unbranched alkanes of at least 4 members (excludes halogenated alkanes) is 40. The summed E-state index contributed by atoms with van der Waals surface area (Å²) in [5.41, 5.74) is 0. The van der Waals surface area contributed by atoms with Crippen molar-refractivity contribution in [3.8, 4) is 0 Å². The first-order chi connectivity index (χ1) is 34.0. The van der Waals surface area contributed by atoms with Crippen molar-refractivity contribution in [2.45, 2.75) is 347 Å². The van der Waals surface area contributed by atoms with Crippen LogP contribution in [0, 0.1) is 0 Å². The second-order valence-corrected chi connectivity index (χ2v) is 21.2. The minimum absolute atomic E-state index is 0.0743. The maximum absolute atomic E-state index is 13.3. The van der Waals surface area contributed by atoms with E-state index in [1.54, 1.807) is 0 Å². The predicted molar refractivity (Wildman–Crippen MR) is 301 cm³/mol. The van der Waals surface area contributed by atoms with Gasteiger partial charge in [-0.15, -0.1) is 0 Å². The smallest absolute Gasteiger partial charge is 0.306 e. The number of hydrogen-bond donors (Lipinski definition) is 3. The monoisotopic (exact) mass is 970 g/mol. The van der Waals surface area contributed by atoms with Crippen molar-refractivity contribution in [1.29, 1.82) is 0 Å². The lowest BCUT2D eigenvalue weighted by Crippen LogP contribution is -2.46. The minimum atomic E-state index is -0.790. The molecule has 0 aromatic rings. The van der Waals surface area contributed by atoms with Crippen LogP contribution in [-0.2, 0) is 14.3 Å². The summed E-state index contributed by atoms with van der Waals surface area (Å²) in [4.78, 5) is 26.3. The lowest BCUT2D eigenvalue weighted by molar-refractivity contribution is -0.151. The van der Waals surface area contributed by atoms with Gasteiger partial charge in [0.25, 0.3) is 0 Å². The Labute approximate surface area is 430 Å². The van der Waals surface area contributed by atoms with Crippen molar-refractivity contribution < 1.29 is 24.5 Å². The number of carbonyl (C=O) groups excluding carboxylic acids is 2. The first-order valence-electron chi connectivity index (χ1n) is 30.7. The average Bonchev–Trinajstić information content (AvgIpc) is 3.34. The molecular weight excluding hydrogens is 851 g/mol. The zero-order chi connectivity index (χ0) is 50.2. The second kappa shape index (κ2) is 57.0. The van der Waals surface area contributed by atoms with Crippen LogP contribution in [-0.4, -0.2) is 46.9 Å². The van der Waals surface area contributed by atoms with E-state index in [2.05, 4.69) is 62.5 Å². The molecule has 0 fully saturated rings. The quantitative estimate of drug-likeness (QED) is 0.0321. The van der Waals surface area contributed by atoms with Crippen LogP contribution in [0.1, 0.15) is 329 Å². The molecule has 0 aliphatic carbocycles. The van der Waals surface area contributed by atoms with Gasteiger partial charge < -0.3 is 20.3 Å². The molecule has 6 heteroatoms. The van der Waals surface area contributed by atoms with Gasteiger partial charge in [-0.2, -0.15) is 0 Å². The van der Waals surface area contributed by atoms with E-state index >= 15 is 0 Å². The van der Waals surface area contributed by atoms with E-state index in [4.69, 9.17) is 4.74 Å². The Morgan fingerprint density at radius 3 is 1.10 bits per heavy atom. The molecular formula is C63H119NO5. The van der Waals surface area contributed by atoms with Gasteiger partial charge in [0.1, 0.15) is 6.10 Å². The Hall–Kier alpha value is -1.92. The fourth-order valence-electron chi connectivity index (χ4n) is 9.61. The number of allylic oxidation sites excluding steroid dienone is 6. The molecule has 6 nitrogen and oxygen atoms in total. The van der Waals surface area contributed by atoms with Crippen molar-refractivity contribution in [3.63, 3.8) is 0 Å². The Bertz CT molecular complexity index is 1130. The van der Waals surface area contributed by atoms with Crippen LogP contribution in [0.15, 0.2) is 36.5 Å². The van der Waals surface area contributed by atoms with Gasteiger partial charge in [0.2, 0.25) is 5.91 Å². The summed E-state index contributed by atoms with van der Waals surface area (Å²) < 4.78 is 5.97. The molecule has 0 aliphatic rings. The van der Waals surface area contributed by atoms with Gasteiger partial charge in [-0.25, -0.2) is 0 Å². The summed E-state index contributed by atoms with van der Waals surface area (Å²) in [5.74, 6) is -0.476. The zero-order valence-corrected chi connectivity index (χ0v) is 46.5. The van der Waals surface area contributed by atoms with Crippen LogP contribution in [0.5, 0.6) is 0 Å².